The number of hydrogen-bond donors (Lipinski definition) is 1. The summed E-state index contributed by atoms with van der Waals surface area (Å²) in [5.41, 5.74) is 2.02. The van der Waals surface area contributed by atoms with Crippen molar-refractivity contribution in [3.8, 4) is 17.2 Å². The number of aromatic nitrogens is 2. The monoisotopic (exact) mass is 449 g/mol. The molecule has 172 valence electrons. The smallest absolute Gasteiger partial charge is 0.330 e. The lowest BCUT2D eigenvalue weighted by Gasteiger charge is -2.17. The molecule has 0 fully saturated rings. The predicted molar refractivity (Wildman–Crippen MR) is 127 cm³/mol. The molecule has 2 heterocycles. The minimum absolute atomic E-state index is 0.265. The first-order valence-electron chi connectivity index (χ1n) is 10.8. The van der Waals surface area contributed by atoms with Crippen LogP contribution in [0.5, 0.6) is 17.2 Å². The minimum atomic E-state index is -0.479. The second-order valence-corrected chi connectivity index (χ2v) is 7.82. The van der Waals surface area contributed by atoms with Crippen molar-refractivity contribution in [1.82, 2.24) is 9.55 Å². The van der Waals surface area contributed by atoms with Gasteiger partial charge < -0.3 is 14.2 Å². The molecule has 1 aliphatic rings. The highest BCUT2D eigenvalue weighted by atomic mass is 16.5. The number of ether oxygens (including phenoxy) is 3. The number of H-pyrrole nitrogens is 1. The standard InChI is InChI=1S/C25H27N3O5/c1-5-9-17-20-23(28(25(30)27-24(20)29)14-15-10-7-6-8-11-15)26-21(17)16-12-18(31-2)22(33-4)19(13-16)32-3/h6-8,10-13,17H,5,9,14H2,1-4H3,(H,27,29,30). The van der Waals surface area contributed by atoms with Crippen molar-refractivity contribution in [1.29, 1.82) is 0 Å². The lowest BCUT2D eigenvalue weighted by molar-refractivity contribution is 0.324. The van der Waals surface area contributed by atoms with Crippen LogP contribution >= 0.6 is 0 Å². The van der Waals surface area contributed by atoms with E-state index in [1.54, 1.807) is 21.3 Å². The van der Waals surface area contributed by atoms with Crippen LogP contribution in [0.25, 0.3) is 0 Å². The molecule has 1 N–H and O–H groups in total. The number of aromatic amines is 1. The van der Waals surface area contributed by atoms with Crippen LogP contribution in [0.15, 0.2) is 57.0 Å². The van der Waals surface area contributed by atoms with Crippen molar-refractivity contribution < 1.29 is 14.2 Å². The van der Waals surface area contributed by atoms with Gasteiger partial charge in [0.2, 0.25) is 5.75 Å². The third-order valence-electron chi connectivity index (χ3n) is 5.83. The van der Waals surface area contributed by atoms with Crippen LogP contribution < -0.4 is 25.5 Å². The summed E-state index contributed by atoms with van der Waals surface area (Å²) >= 11 is 0. The van der Waals surface area contributed by atoms with Gasteiger partial charge in [-0.15, -0.1) is 0 Å². The van der Waals surface area contributed by atoms with Crippen molar-refractivity contribution in [3.05, 3.63) is 80.0 Å². The summed E-state index contributed by atoms with van der Waals surface area (Å²) in [4.78, 5) is 33.1. The Hall–Kier alpha value is -3.81. The molecular formula is C25H27N3O5. The predicted octanol–water partition coefficient (Wildman–Crippen LogP) is 3.63. The van der Waals surface area contributed by atoms with Crippen LogP contribution in [-0.2, 0) is 6.54 Å². The van der Waals surface area contributed by atoms with Crippen molar-refractivity contribution in [2.75, 3.05) is 21.3 Å². The number of fused-ring (bicyclic) bond motifs is 1. The largest absolute Gasteiger partial charge is 0.493 e. The zero-order valence-corrected chi connectivity index (χ0v) is 19.2. The molecule has 8 nitrogen and oxygen atoms in total. The number of aliphatic imine (C=N–C) groups is 1. The van der Waals surface area contributed by atoms with E-state index in [1.807, 2.05) is 42.5 Å². The molecule has 1 aliphatic heterocycles. The summed E-state index contributed by atoms with van der Waals surface area (Å²) in [7, 11) is 4.65. The summed E-state index contributed by atoms with van der Waals surface area (Å²) in [5, 5.41) is 0. The number of rotatable bonds is 8. The first-order chi connectivity index (χ1) is 16.0. The number of benzene rings is 2. The molecule has 4 rings (SSSR count). The van der Waals surface area contributed by atoms with E-state index in [1.165, 1.54) is 4.57 Å². The van der Waals surface area contributed by atoms with Gasteiger partial charge >= 0.3 is 5.69 Å². The lowest BCUT2D eigenvalue weighted by atomic mass is 9.89. The Kier molecular flexibility index (Phi) is 6.35. The first-order valence-corrected chi connectivity index (χ1v) is 10.8. The summed E-state index contributed by atoms with van der Waals surface area (Å²) in [6, 6.07) is 13.3. The Balaban J connectivity index is 1.92. The van der Waals surface area contributed by atoms with Gasteiger partial charge in [-0.05, 0) is 24.1 Å². The van der Waals surface area contributed by atoms with Gasteiger partial charge in [-0.25, -0.2) is 9.79 Å². The van der Waals surface area contributed by atoms with Gasteiger partial charge in [-0.2, -0.15) is 0 Å². The number of hydrogen-bond acceptors (Lipinski definition) is 6. The second kappa shape index (κ2) is 9.36. The molecule has 0 amide bonds. The minimum Gasteiger partial charge on any atom is -0.493 e. The maximum Gasteiger partial charge on any atom is 0.330 e. The van der Waals surface area contributed by atoms with E-state index >= 15 is 0 Å². The molecule has 2 aromatic carbocycles. The SMILES string of the molecule is CCCC1C(c2cc(OC)c(OC)c(OC)c2)=Nc2c1c(=O)[nH]c(=O)n2Cc1ccccc1. The Labute approximate surface area is 191 Å². The fraction of sp³-hybridized carbons (Fsp3) is 0.320. The fourth-order valence-electron chi connectivity index (χ4n) is 4.32. The van der Waals surface area contributed by atoms with E-state index in [-0.39, 0.29) is 5.92 Å². The molecule has 0 aliphatic carbocycles. The van der Waals surface area contributed by atoms with Gasteiger partial charge in [0.05, 0.1) is 39.1 Å². The van der Waals surface area contributed by atoms with Crippen molar-refractivity contribution in [2.45, 2.75) is 32.2 Å². The van der Waals surface area contributed by atoms with Crippen LogP contribution in [-0.4, -0.2) is 36.6 Å². The van der Waals surface area contributed by atoms with Gasteiger partial charge in [-0.1, -0.05) is 43.7 Å². The van der Waals surface area contributed by atoms with Crippen molar-refractivity contribution >= 4 is 11.5 Å². The highest BCUT2D eigenvalue weighted by molar-refractivity contribution is 6.10. The lowest BCUT2D eigenvalue weighted by Crippen LogP contribution is -2.33. The molecule has 8 heteroatoms. The van der Waals surface area contributed by atoms with E-state index in [0.717, 1.165) is 17.5 Å². The molecule has 1 unspecified atom stereocenters. The Morgan fingerprint density at radius 3 is 2.24 bits per heavy atom. The van der Waals surface area contributed by atoms with Gasteiger partial charge in [0.15, 0.2) is 11.5 Å². The van der Waals surface area contributed by atoms with Crippen LogP contribution in [0, 0.1) is 0 Å². The molecule has 1 aromatic heterocycles. The van der Waals surface area contributed by atoms with Crippen LogP contribution in [0.1, 0.15) is 42.4 Å². The number of nitrogens with one attached hydrogen (secondary N) is 1. The van der Waals surface area contributed by atoms with E-state index < -0.39 is 11.2 Å². The molecule has 0 spiro atoms. The maximum atomic E-state index is 12.9. The zero-order chi connectivity index (χ0) is 23.5. The van der Waals surface area contributed by atoms with Gasteiger partial charge in [0, 0.05) is 11.5 Å². The number of nitrogens with zero attached hydrogens (tertiary/aromatic N) is 2. The van der Waals surface area contributed by atoms with E-state index in [4.69, 9.17) is 19.2 Å². The third kappa shape index (κ3) is 4.04. The molecule has 0 saturated heterocycles. The molecule has 3 aromatic rings. The van der Waals surface area contributed by atoms with Crippen molar-refractivity contribution in [3.63, 3.8) is 0 Å². The topological polar surface area (TPSA) is 94.9 Å². The molecular weight excluding hydrogens is 422 g/mol. The second-order valence-electron chi connectivity index (χ2n) is 7.82. The zero-order valence-electron chi connectivity index (χ0n) is 19.2. The van der Waals surface area contributed by atoms with Crippen LogP contribution in [0.3, 0.4) is 0 Å². The maximum absolute atomic E-state index is 12.9. The van der Waals surface area contributed by atoms with E-state index in [0.29, 0.717) is 47.3 Å². The molecule has 33 heavy (non-hydrogen) atoms. The van der Waals surface area contributed by atoms with Crippen molar-refractivity contribution in [2.24, 2.45) is 4.99 Å². The summed E-state index contributed by atoms with van der Waals surface area (Å²) < 4.78 is 18.0. The van der Waals surface area contributed by atoms with Gasteiger partial charge in [0.1, 0.15) is 5.82 Å². The molecule has 0 radical (unpaired) electrons. The first kappa shape index (κ1) is 22.4. The van der Waals surface area contributed by atoms with E-state index in [9.17, 15) is 9.59 Å². The average Bonchev–Trinajstić information content (AvgIpc) is 3.21. The number of methoxy groups -OCH3 is 3. The average molecular weight is 450 g/mol. The Bertz CT molecular complexity index is 1280. The summed E-state index contributed by atoms with van der Waals surface area (Å²) in [5.74, 6) is 1.60. The molecule has 0 saturated carbocycles. The Morgan fingerprint density at radius 1 is 1.00 bits per heavy atom. The van der Waals surface area contributed by atoms with Crippen LogP contribution in [0.4, 0.5) is 5.82 Å². The quantitative estimate of drug-likeness (QED) is 0.567. The third-order valence-corrected chi connectivity index (χ3v) is 5.83. The molecule has 0 bridgehead atoms. The summed E-state index contributed by atoms with van der Waals surface area (Å²) in [6.07, 6.45) is 1.54. The van der Waals surface area contributed by atoms with Gasteiger partial charge in [0.25, 0.3) is 5.56 Å². The highest BCUT2D eigenvalue weighted by Gasteiger charge is 2.34. The van der Waals surface area contributed by atoms with E-state index in [2.05, 4.69) is 11.9 Å². The van der Waals surface area contributed by atoms with Crippen LogP contribution in [0.2, 0.25) is 0 Å². The highest BCUT2D eigenvalue weighted by Crippen LogP contribution is 2.43. The van der Waals surface area contributed by atoms with Gasteiger partial charge in [-0.3, -0.25) is 14.3 Å². The fourth-order valence-corrected chi connectivity index (χ4v) is 4.32. The summed E-state index contributed by atoms with van der Waals surface area (Å²) in [6.45, 7) is 2.36. The molecule has 1 atom stereocenters. The normalized spacial score (nSPS) is 14.5. The Morgan fingerprint density at radius 2 is 1.67 bits per heavy atom.